The quantitative estimate of drug-likeness (QED) is 0.319. The average Bonchev–Trinajstić information content (AvgIpc) is 2.74. The van der Waals surface area contributed by atoms with Crippen LogP contribution in [0.2, 0.25) is 0 Å². The number of aliphatic hydroxyl groups is 3. The van der Waals surface area contributed by atoms with Crippen molar-refractivity contribution < 1.29 is 34.8 Å². The van der Waals surface area contributed by atoms with E-state index in [1.807, 2.05) is 0 Å². The third-order valence-electron chi connectivity index (χ3n) is 6.58. The molecular weight excluding hydrogens is 426 g/mol. The Labute approximate surface area is 189 Å². The number of phenols is 1. The second-order valence-electron chi connectivity index (χ2n) is 8.33. The molecule has 0 aliphatic heterocycles. The van der Waals surface area contributed by atoms with Gasteiger partial charge in [0, 0.05) is 23.5 Å². The maximum Gasteiger partial charge on any atom is 0.255 e. The van der Waals surface area contributed by atoms with Crippen molar-refractivity contribution in [1.29, 1.82) is 0 Å². The van der Waals surface area contributed by atoms with Crippen LogP contribution in [-0.4, -0.2) is 43.5 Å². The molecule has 3 aliphatic carbocycles. The number of Topliss-reactive ketones (excluding diaryl/α,β-unsaturated/α-hetero) is 2. The number of nitrogens with two attached hydrogens (primary N) is 1. The number of hydrogen-bond donors (Lipinski definition) is 5. The molecule has 1 aromatic rings. The van der Waals surface area contributed by atoms with Gasteiger partial charge in [-0.25, -0.2) is 0 Å². The Kier molecular flexibility index (Phi) is 5.07. The van der Waals surface area contributed by atoms with Crippen molar-refractivity contribution in [3.8, 4) is 29.4 Å². The number of hydrogen-bond acceptors (Lipinski definition) is 7. The monoisotopic (exact) mass is 447 g/mol. The van der Waals surface area contributed by atoms with Gasteiger partial charge in [-0.2, -0.15) is 0 Å². The molecule has 168 valence electrons. The van der Waals surface area contributed by atoms with Gasteiger partial charge < -0.3 is 26.2 Å². The molecule has 3 aliphatic rings. The predicted molar refractivity (Wildman–Crippen MR) is 116 cm³/mol. The highest BCUT2D eigenvalue weighted by Crippen LogP contribution is 2.52. The van der Waals surface area contributed by atoms with E-state index in [9.17, 15) is 34.8 Å². The minimum Gasteiger partial charge on any atom is -0.508 e. The normalized spacial score (nSPS) is 25.8. The van der Waals surface area contributed by atoms with Crippen LogP contribution in [0.1, 0.15) is 48.9 Å². The van der Waals surface area contributed by atoms with Crippen LogP contribution in [0.5, 0.6) is 5.75 Å². The first-order valence-corrected chi connectivity index (χ1v) is 10.3. The minimum atomic E-state index is -2.59. The Balaban J connectivity index is 1.99. The second-order valence-corrected chi connectivity index (χ2v) is 8.33. The number of rotatable bonds is 1. The number of phenolic OH excluding ortho intramolecular Hbond substituents is 1. The van der Waals surface area contributed by atoms with Crippen LogP contribution >= 0.6 is 0 Å². The Hall–Kier alpha value is -4.01. The molecule has 0 aromatic heterocycles. The van der Waals surface area contributed by atoms with E-state index < -0.39 is 52.0 Å². The van der Waals surface area contributed by atoms with Gasteiger partial charge in [0.1, 0.15) is 22.8 Å². The number of carbonyl (C=O) groups excluding carboxylic acids is 3. The van der Waals surface area contributed by atoms with Crippen molar-refractivity contribution in [3.63, 3.8) is 0 Å². The standard InChI is InChI=1S/C25H21NO7/c1-3-5-11-7-12(6-4-2)20(28)18-15(11)9-13-8-14-10-16(27)19(24(26)32)23(31)25(14,33)22(30)17(13)21(18)29/h7,13-14,28-29,31,33H,8-10H2,1-2H3,(H2,26,32)/t13-,14+,25+/m1/s1. The number of amides is 1. The third-order valence-corrected chi connectivity index (χ3v) is 6.58. The average molecular weight is 447 g/mol. The third kappa shape index (κ3) is 2.95. The van der Waals surface area contributed by atoms with Gasteiger partial charge in [0.05, 0.1) is 11.1 Å². The van der Waals surface area contributed by atoms with Crippen LogP contribution in [0.4, 0.5) is 0 Å². The summed E-state index contributed by atoms with van der Waals surface area (Å²) in [5, 5.41) is 43.8. The van der Waals surface area contributed by atoms with E-state index in [2.05, 4.69) is 23.7 Å². The zero-order chi connectivity index (χ0) is 24.2. The lowest BCUT2D eigenvalue weighted by atomic mass is 9.59. The fourth-order valence-electron chi connectivity index (χ4n) is 5.17. The Bertz CT molecular complexity index is 1340. The Morgan fingerprint density at radius 1 is 1.09 bits per heavy atom. The largest absolute Gasteiger partial charge is 0.508 e. The van der Waals surface area contributed by atoms with Gasteiger partial charge in [0.15, 0.2) is 11.4 Å². The summed E-state index contributed by atoms with van der Waals surface area (Å²) in [6, 6.07) is 1.61. The van der Waals surface area contributed by atoms with Crippen molar-refractivity contribution in [2.24, 2.45) is 17.6 Å². The lowest BCUT2D eigenvalue weighted by molar-refractivity contribution is -0.147. The van der Waals surface area contributed by atoms with Gasteiger partial charge in [0.25, 0.3) is 5.91 Å². The SMILES string of the molecule is CC#Cc1cc(C#CC)c2c(c1O)C(O)=C1C(=O)[C@]3(O)C(O)=C(C(N)=O)C(=O)C[C@@H]3C[C@@H]1C2. The van der Waals surface area contributed by atoms with Crippen molar-refractivity contribution >= 4 is 23.2 Å². The molecular formula is C25H21NO7. The number of fused-ring (bicyclic) bond motifs is 3. The lowest BCUT2D eigenvalue weighted by Crippen LogP contribution is -2.58. The molecule has 1 fully saturated rings. The van der Waals surface area contributed by atoms with E-state index in [1.165, 1.54) is 0 Å². The van der Waals surface area contributed by atoms with E-state index in [-0.39, 0.29) is 41.7 Å². The summed E-state index contributed by atoms with van der Waals surface area (Å²) in [5.74, 6) is 4.48. The highest BCUT2D eigenvalue weighted by atomic mass is 16.3. The zero-order valence-electron chi connectivity index (χ0n) is 17.9. The van der Waals surface area contributed by atoms with Gasteiger partial charge in [0.2, 0.25) is 5.78 Å². The first-order chi connectivity index (χ1) is 15.6. The first-order valence-electron chi connectivity index (χ1n) is 10.3. The topological polar surface area (TPSA) is 158 Å². The Morgan fingerprint density at radius 3 is 2.33 bits per heavy atom. The van der Waals surface area contributed by atoms with Crippen molar-refractivity contribution in [3.05, 3.63) is 45.2 Å². The van der Waals surface area contributed by atoms with Gasteiger partial charge in [-0.05, 0) is 44.2 Å². The maximum absolute atomic E-state index is 13.5. The summed E-state index contributed by atoms with van der Waals surface area (Å²) in [6.07, 6.45) is -0.0924. The molecule has 4 rings (SSSR count). The summed E-state index contributed by atoms with van der Waals surface area (Å²) >= 11 is 0. The van der Waals surface area contributed by atoms with Crippen LogP contribution in [0.3, 0.4) is 0 Å². The number of benzene rings is 1. The number of primary amides is 1. The number of aromatic hydroxyl groups is 1. The summed E-state index contributed by atoms with van der Waals surface area (Å²) in [5.41, 5.74) is 2.83. The van der Waals surface area contributed by atoms with E-state index in [0.717, 1.165) is 0 Å². The smallest absolute Gasteiger partial charge is 0.255 e. The minimum absolute atomic E-state index is 0.0138. The molecule has 0 unspecified atom stereocenters. The van der Waals surface area contributed by atoms with Gasteiger partial charge in [-0.1, -0.05) is 11.8 Å². The molecule has 8 heteroatoms. The predicted octanol–water partition coefficient (Wildman–Crippen LogP) is 1.17. The van der Waals surface area contributed by atoms with Crippen molar-refractivity contribution in [2.75, 3.05) is 0 Å². The molecule has 0 heterocycles. The van der Waals surface area contributed by atoms with Crippen molar-refractivity contribution in [1.82, 2.24) is 0 Å². The second kappa shape index (κ2) is 7.54. The Morgan fingerprint density at radius 2 is 1.73 bits per heavy atom. The van der Waals surface area contributed by atoms with E-state index in [1.54, 1.807) is 19.9 Å². The molecule has 0 saturated heterocycles. The summed E-state index contributed by atoms with van der Waals surface area (Å²) in [7, 11) is 0. The highest BCUT2D eigenvalue weighted by Gasteiger charge is 2.60. The fraction of sp³-hybridized carbons (Fsp3) is 0.320. The van der Waals surface area contributed by atoms with Crippen LogP contribution < -0.4 is 5.73 Å². The molecule has 6 N–H and O–H groups in total. The van der Waals surface area contributed by atoms with Crippen molar-refractivity contribution in [2.45, 2.75) is 38.7 Å². The van der Waals surface area contributed by atoms with Crippen LogP contribution in [0.15, 0.2) is 23.0 Å². The van der Waals surface area contributed by atoms with Gasteiger partial charge >= 0.3 is 0 Å². The molecule has 0 radical (unpaired) electrons. The lowest BCUT2D eigenvalue weighted by Gasteiger charge is -2.46. The van der Waals surface area contributed by atoms with E-state index in [0.29, 0.717) is 11.1 Å². The van der Waals surface area contributed by atoms with Gasteiger partial charge in [-0.15, -0.1) is 11.8 Å². The molecule has 1 amide bonds. The molecule has 0 spiro atoms. The van der Waals surface area contributed by atoms with E-state index in [4.69, 9.17) is 5.73 Å². The van der Waals surface area contributed by atoms with Crippen LogP contribution in [-0.2, 0) is 20.8 Å². The zero-order valence-corrected chi connectivity index (χ0v) is 17.9. The molecule has 1 saturated carbocycles. The number of aliphatic hydroxyl groups excluding tert-OH is 2. The highest BCUT2D eigenvalue weighted by molar-refractivity contribution is 6.22. The number of ketones is 2. The molecule has 8 nitrogen and oxygen atoms in total. The molecule has 3 atom stereocenters. The molecule has 1 aromatic carbocycles. The summed E-state index contributed by atoms with van der Waals surface area (Å²) < 4.78 is 0. The van der Waals surface area contributed by atoms with Gasteiger partial charge in [-0.3, -0.25) is 14.4 Å². The summed E-state index contributed by atoms with van der Waals surface area (Å²) in [4.78, 5) is 37.6. The van der Waals surface area contributed by atoms with Crippen LogP contribution in [0, 0.1) is 35.5 Å². The van der Waals surface area contributed by atoms with E-state index >= 15 is 0 Å². The fourth-order valence-corrected chi connectivity index (χ4v) is 5.17. The molecule has 0 bridgehead atoms. The summed E-state index contributed by atoms with van der Waals surface area (Å²) in [6.45, 7) is 3.21. The molecule has 33 heavy (non-hydrogen) atoms. The first kappa shape index (κ1) is 22.2. The maximum atomic E-state index is 13.5. The number of carbonyl (C=O) groups is 3. The van der Waals surface area contributed by atoms with Crippen LogP contribution in [0.25, 0.3) is 5.76 Å².